The first-order valence-electron chi connectivity index (χ1n) is 3.68. The SMILES string of the molecule is FOC(F)(Oc1ccccc1)C(F)(F)F. The third kappa shape index (κ3) is 2.56. The quantitative estimate of drug-likeness (QED) is 0.584. The average Bonchev–Trinajstić information content (AvgIpc) is 2.17. The Morgan fingerprint density at radius 2 is 1.47 bits per heavy atom. The largest absolute Gasteiger partial charge is 0.494 e. The number of rotatable bonds is 3. The number of ether oxygens (including phenoxy) is 1. The van der Waals surface area contributed by atoms with Crippen molar-refractivity contribution in [3.8, 4) is 5.75 Å². The monoisotopic (exact) mass is 228 g/mol. The molecule has 0 N–H and O–H groups in total. The van der Waals surface area contributed by atoms with Crippen molar-refractivity contribution in [2.75, 3.05) is 0 Å². The molecule has 0 spiro atoms. The van der Waals surface area contributed by atoms with Gasteiger partial charge in [-0.25, -0.2) is 0 Å². The summed E-state index contributed by atoms with van der Waals surface area (Å²) in [5.41, 5.74) is 0. The van der Waals surface area contributed by atoms with Crippen molar-refractivity contribution in [3.05, 3.63) is 30.3 Å². The first-order chi connectivity index (χ1) is 6.89. The molecule has 1 atom stereocenters. The van der Waals surface area contributed by atoms with Gasteiger partial charge in [0.15, 0.2) is 0 Å². The van der Waals surface area contributed by atoms with Crippen LogP contribution in [0, 0.1) is 0 Å². The van der Waals surface area contributed by atoms with Gasteiger partial charge in [-0.15, -0.1) is 4.94 Å². The molecule has 0 aliphatic heterocycles. The first-order valence-corrected chi connectivity index (χ1v) is 3.68. The van der Waals surface area contributed by atoms with E-state index in [9.17, 15) is 22.1 Å². The van der Waals surface area contributed by atoms with Gasteiger partial charge < -0.3 is 4.74 Å². The second kappa shape index (κ2) is 4.01. The molecule has 1 unspecified atom stereocenters. The van der Waals surface area contributed by atoms with E-state index in [0.717, 1.165) is 12.1 Å². The van der Waals surface area contributed by atoms with Gasteiger partial charge in [0.1, 0.15) is 5.75 Å². The highest BCUT2D eigenvalue weighted by Gasteiger charge is 2.63. The van der Waals surface area contributed by atoms with E-state index in [1.807, 2.05) is 0 Å². The summed E-state index contributed by atoms with van der Waals surface area (Å²) in [6.07, 6.45) is -5.63. The summed E-state index contributed by atoms with van der Waals surface area (Å²) in [5, 5.41) is 0. The van der Waals surface area contributed by atoms with Crippen molar-refractivity contribution in [2.45, 2.75) is 12.2 Å². The van der Waals surface area contributed by atoms with Crippen LogP contribution in [0.3, 0.4) is 0 Å². The minimum absolute atomic E-state index is 0.505. The van der Waals surface area contributed by atoms with Crippen LogP contribution in [-0.4, -0.2) is 12.2 Å². The highest BCUT2D eigenvalue weighted by atomic mass is 19.4. The van der Waals surface area contributed by atoms with Crippen molar-refractivity contribution in [2.24, 2.45) is 0 Å². The molecule has 0 aliphatic carbocycles. The molecular formula is C8H5F5O2. The van der Waals surface area contributed by atoms with Crippen LogP contribution in [0.15, 0.2) is 30.3 Å². The van der Waals surface area contributed by atoms with Crippen LogP contribution in [0.4, 0.5) is 22.1 Å². The lowest BCUT2D eigenvalue weighted by molar-refractivity contribution is -0.469. The van der Waals surface area contributed by atoms with Gasteiger partial charge in [0.05, 0.1) is 0 Å². The van der Waals surface area contributed by atoms with Crippen LogP contribution < -0.4 is 4.74 Å². The molecule has 1 aromatic rings. The molecule has 2 nitrogen and oxygen atoms in total. The number of halogens is 5. The zero-order valence-electron chi connectivity index (χ0n) is 7.09. The molecule has 15 heavy (non-hydrogen) atoms. The van der Waals surface area contributed by atoms with Crippen LogP contribution in [-0.2, 0) is 4.94 Å². The molecular weight excluding hydrogens is 223 g/mol. The molecule has 7 heteroatoms. The number of hydrogen-bond donors (Lipinski definition) is 0. The normalized spacial score (nSPS) is 15.8. The van der Waals surface area contributed by atoms with Crippen molar-refractivity contribution in [3.63, 3.8) is 0 Å². The fraction of sp³-hybridized carbons (Fsp3) is 0.250. The molecule has 84 valence electrons. The molecule has 0 aliphatic rings. The molecule has 0 heterocycles. The Morgan fingerprint density at radius 3 is 1.87 bits per heavy atom. The lowest BCUT2D eigenvalue weighted by Gasteiger charge is -2.23. The Morgan fingerprint density at radius 1 is 0.933 bits per heavy atom. The molecule has 0 saturated carbocycles. The topological polar surface area (TPSA) is 18.5 Å². The van der Waals surface area contributed by atoms with Crippen molar-refractivity contribution >= 4 is 0 Å². The summed E-state index contributed by atoms with van der Waals surface area (Å²) in [6.45, 7) is 0. The smallest absolute Gasteiger partial charge is 0.427 e. The summed E-state index contributed by atoms with van der Waals surface area (Å²) in [7, 11) is 0. The van der Waals surface area contributed by atoms with Crippen molar-refractivity contribution < 1.29 is 31.8 Å². The van der Waals surface area contributed by atoms with E-state index in [2.05, 4.69) is 9.68 Å². The molecule has 0 fully saturated rings. The Balaban J connectivity index is 2.87. The predicted octanol–water partition coefficient (Wildman–Crippen LogP) is 3.15. The van der Waals surface area contributed by atoms with Gasteiger partial charge in [0.25, 0.3) is 0 Å². The first kappa shape index (κ1) is 11.7. The highest BCUT2D eigenvalue weighted by molar-refractivity contribution is 5.21. The second-order valence-electron chi connectivity index (χ2n) is 2.53. The predicted molar refractivity (Wildman–Crippen MR) is 39.2 cm³/mol. The Hall–Kier alpha value is -1.37. The van der Waals surface area contributed by atoms with Crippen LogP contribution in [0.1, 0.15) is 0 Å². The standard InChI is InChI=1S/C8H5F5O2/c9-7(10,11)8(12,15-13)14-6-4-2-1-3-5-6/h1-5H. The van der Waals surface area contributed by atoms with Gasteiger partial charge in [-0.05, 0) is 16.7 Å². The highest BCUT2D eigenvalue weighted by Crippen LogP contribution is 2.37. The molecule has 0 saturated heterocycles. The number of alkyl halides is 4. The minimum Gasteiger partial charge on any atom is -0.427 e. The number of benzene rings is 1. The summed E-state index contributed by atoms with van der Waals surface area (Å²) >= 11 is 0. The molecule has 0 amide bonds. The van der Waals surface area contributed by atoms with E-state index in [1.54, 1.807) is 0 Å². The fourth-order valence-corrected chi connectivity index (χ4v) is 0.757. The summed E-state index contributed by atoms with van der Waals surface area (Å²) in [5.74, 6) is -0.505. The average molecular weight is 228 g/mol. The Labute approximate surface area is 81.1 Å². The van der Waals surface area contributed by atoms with Gasteiger partial charge >= 0.3 is 12.2 Å². The van der Waals surface area contributed by atoms with Crippen LogP contribution >= 0.6 is 0 Å². The molecule has 1 aromatic carbocycles. The van der Waals surface area contributed by atoms with Gasteiger partial charge in [-0.1, -0.05) is 18.2 Å². The van der Waals surface area contributed by atoms with Gasteiger partial charge in [0, 0.05) is 0 Å². The Bertz CT molecular complexity index is 313. The van der Waals surface area contributed by atoms with Crippen LogP contribution in [0.2, 0.25) is 0 Å². The maximum atomic E-state index is 12.8. The van der Waals surface area contributed by atoms with E-state index in [0.29, 0.717) is 0 Å². The van der Waals surface area contributed by atoms with E-state index in [-0.39, 0.29) is 0 Å². The van der Waals surface area contributed by atoms with E-state index >= 15 is 0 Å². The third-order valence-corrected chi connectivity index (χ3v) is 1.43. The molecule has 0 bridgehead atoms. The Kier molecular flexibility index (Phi) is 3.13. The zero-order chi connectivity index (χ0) is 11.5. The van der Waals surface area contributed by atoms with Crippen LogP contribution in [0.25, 0.3) is 0 Å². The van der Waals surface area contributed by atoms with E-state index in [1.165, 1.54) is 18.2 Å². The maximum absolute atomic E-state index is 12.8. The van der Waals surface area contributed by atoms with Gasteiger partial charge in [-0.3, -0.25) is 0 Å². The lowest BCUT2D eigenvalue weighted by Crippen LogP contribution is -2.47. The lowest BCUT2D eigenvalue weighted by atomic mass is 10.3. The van der Waals surface area contributed by atoms with Crippen molar-refractivity contribution in [1.29, 1.82) is 0 Å². The number of para-hydroxylation sites is 1. The molecule has 0 radical (unpaired) electrons. The number of hydrogen-bond acceptors (Lipinski definition) is 2. The maximum Gasteiger partial charge on any atom is 0.494 e. The minimum atomic E-state index is -5.63. The van der Waals surface area contributed by atoms with E-state index < -0.39 is 18.0 Å². The third-order valence-electron chi connectivity index (χ3n) is 1.43. The zero-order valence-corrected chi connectivity index (χ0v) is 7.09. The van der Waals surface area contributed by atoms with E-state index in [4.69, 9.17) is 0 Å². The summed E-state index contributed by atoms with van der Waals surface area (Å²) < 4.78 is 63.8. The van der Waals surface area contributed by atoms with Gasteiger partial charge in [-0.2, -0.15) is 17.6 Å². The summed E-state index contributed by atoms with van der Waals surface area (Å²) in [4.78, 5) is 2.19. The second-order valence-corrected chi connectivity index (χ2v) is 2.53. The van der Waals surface area contributed by atoms with Crippen LogP contribution in [0.5, 0.6) is 5.75 Å². The summed E-state index contributed by atoms with van der Waals surface area (Å²) in [6, 6.07) is 1.33. The van der Waals surface area contributed by atoms with Gasteiger partial charge in [0.2, 0.25) is 0 Å². The molecule has 1 rings (SSSR count). The van der Waals surface area contributed by atoms with Crippen molar-refractivity contribution in [1.82, 2.24) is 0 Å². The fourth-order valence-electron chi connectivity index (χ4n) is 0.757. The molecule has 0 aromatic heterocycles.